The van der Waals surface area contributed by atoms with Crippen molar-refractivity contribution in [3.05, 3.63) is 0 Å². The first-order chi connectivity index (χ1) is 4.63. The standard InChI is InChI=1S/C7H10Cl2O/c8-6-5(10)4-1-2-7(6,9)3-4/h4-6,10H,1-3H2/t4-,5+,6+,7-/m0/s1. The summed E-state index contributed by atoms with van der Waals surface area (Å²) >= 11 is 12.1. The van der Waals surface area contributed by atoms with E-state index >= 15 is 0 Å². The van der Waals surface area contributed by atoms with Crippen molar-refractivity contribution in [2.45, 2.75) is 35.6 Å². The minimum atomic E-state index is -0.354. The van der Waals surface area contributed by atoms with Crippen molar-refractivity contribution < 1.29 is 5.11 Å². The summed E-state index contributed by atoms with van der Waals surface area (Å²) in [6.07, 6.45) is 2.58. The van der Waals surface area contributed by atoms with Crippen LogP contribution < -0.4 is 0 Å². The Kier molecular flexibility index (Phi) is 1.46. The van der Waals surface area contributed by atoms with Crippen molar-refractivity contribution >= 4 is 23.2 Å². The van der Waals surface area contributed by atoms with E-state index in [0.717, 1.165) is 19.3 Å². The van der Waals surface area contributed by atoms with Gasteiger partial charge in [-0.2, -0.15) is 0 Å². The van der Waals surface area contributed by atoms with Crippen molar-refractivity contribution in [2.75, 3.05) is 0 Å². The second-order valence-electron chi connectivity index (χ2n) is 3.43. The number of hydrogen-bond acceptors (Lipinski definition) is 1. The zero-order valence-corrected chi connectivity index (χ0v) is 7.07. The zero-order valence-electron chi connectivity index (χ0n) is 5.56. The van der Waals surface area contributed by atoms with Crippen molar-refractivity contribution in [3.63, 3.8) is 0 Å². The summed E-state index contributed by atoms with van der Waals surface area (Å²) in [5.41, 5.74) is 0. The molecule has 58 valence electrons. The molecule has 0 saturated heterocycles. The second kappa shape index (κ2) is 2.02. The fourth-order valence-electron chi connectivity index (χ4n) is 2.15. The normalized spacial score (nSPS) is 59.7. The van der Waals surface area contributed by atoms with Gasteiger partial charge in [-0.1, -0.05) is 0 Å². The van der Waals surface area contributed by atoms with E-state index in [1.807, 2.05) is 0 Å². The van der Waals surface area contributed by atoms with Gasteiger partial charge in [0.1, 0.15) is 0 Å². The van der Waals surface area contributed by atoms with Crippen LogP contribution >= 0.6 is 23.2 Å². The van der Waals surface area contributed by atoms with Gasteiger partial charge in [-0.05, 0) is 25.2 Å². The van der Waals surface area contributed by atoms with Crippen LogP contribution in [0, 0.1) is 5.92 Å². The Morgan fingerprint density at radius 1 is 1.50 bits per heavy atom. The molecule has 2 aliphatic carbocycles. The molecule has 0 aromatic heterocycles. The molecule has 0 amide bonds. The number of hydrogen-bond donors (Lipinski definition) is 1. The minimum absolute atomic E-state index is 0.215. The van der Waals surface area contributed by atoms with Crippen LogP contribution in [0.5, 0.6) is 0 Å². The molecule has 2 bridgehead atoms. The first-order valence-electron chi connectivity index (χ1n) is 3.64. The summed E-state index contributed by atoms with van der Waals surface area (Å²) in [4.78, 5) is -0.272. The van der Waals surface area contributed by atoms with Crippen LogP contribution in [0.3, 0.4) is 0 Å². The summed E-state index contributed by atoms with van der Waals surface area (Å²) < 4.78 is 0. The third kappa shape index (κ3) is 0.744. The molecular weight excluding hydrogens is 171 g/mol. The lowest BCUT2D eigenvalue weighted by molar-refractivity contribution is 0.119. The highest BCUT2D eigenvalue weighted by atomic mass is 35.5. The van der Waals surface area contributed by atoms with Crippen LogP contribution in [-0.4, -0.2) is 21.5 Å². The smallest absolute Gasteiger partial charge is 0.0789 e. The van der Waals surface area contributed by atoms with Gasteiger partial charge in [0.05, 0.1) is 16.4 Å². The lowest BCUT2D eigenvalue weighted by atomic mass is 9.97. The molecule has 0 aliphatic heterocycles. The monoisotopic (exact) mass is 180 g/mol. The molecule has 10 heavy (non-hydrogen) atoms. The molecule has 0 unspecified atom stereocenters. The van der Waals surface area contributed by atoms with Gasteiger partial charge in [-0.15, -0.1) is 23.2 Å². The summed E-state index contributed by atoms with van der Waals surface area (Å²) in [7, 11) is 0. The number of fused-ring (bicyclic) bond motifs is 2. The summed E-state index contributed by atoms with van der Waals surface area (Å²) in [5.74, 6) is 0.375. The third-order valence-corrected chi connectivity index (χ3v) is 4.18. The highest BCUT2D eigenvalue weighted by molar-refractivity contribution is 6.33. The third-order valence-electron chi connectivity index (χ3n) is 2.81. The lowest BCUT2D eigenvalue weighted by Gasteiger charge is -2.27. The van der Waals surface area contributed by atoms with Gasteiger partial charge < -0.3 is 5.11 Å². The van der Waals surface area contributed by atoms with E-state index in [0.29, 0.717) is 5.92 Å². The molecular formula is C7H10Cl2O. The molecule has 0 aromatic rings. The molecule has 2 aliphatic rings. The maximum absolute atomic E-state index is 9.44. The molecule has 1 nitrogen and oxygen atoms in total. The summed E-state index contributed by atoms with van der Waals surface area (Å²) in [6.45, 7) is 0. The molecule has 1 N–H and O–H groups in total. The topological polar surface area (TPSA) is 20.2 Å². The Labute approximate surface area is 70.3 Å². The van der Waals surface area contributed by atoms with Crippen LogP contribution in [0.15, 0.2) is 0 Å². The van der Waals surface area contributed by atoms with Crippen molar-refractivity contribution in [3.8, 4) is 0 Å². The number of alkyl halides is 2. The van der Waals surface area contributed by atoms with Gasteiger partial charge in [0.15, 0.2) is 0 Å². The van der Waals surface area contributed by atoms with Gasteiger partial charge in [0.2, 0.25) is 0 Å². The fraction of sp³-hybridized carbons (Fsp3) is 1.00. The van der Waals surface area contributed by atoms with E-state index in [1.165, 1.54) is 0 Å². The lowest BCUT2D eigenvalue weighted by Crippen LogP contribution is -2.36. The number of rotatable bonds is 0. The molecule has 0 heterocycles. The Hall–Kier alpha value is 0.540. The maximum Gasteiger partial charge on any atom is 0.0789 e. The quantitative estimate of drug-likeness (QED) is 0.564. The van der Waals surface area contributed by atoms with E-state index in [-0.39, 0.29) is 16.4 Å². The maximum atomic E-state index is 9.44. The van der Waals surface area contributed by atoms with E-state index in [4.69, 9.17) is 23.2 Å². The van der Waals surface area contributed by atoms with Crippen LogP contribution in [0.1, 0.15) is 19.3 Å². The molecule has 2 rings (SSSR count). The number of aliphatic hydroxyl groups excluding tert-OH is 1. The first-order valence-corrected chi connectivity index (χ1v) is 4.46. The largest absolute Gasteiger partial charge is 0.391 e. The minimum Gasteiger partial charge on any atom is -0.391 e. The Balaban J connectivity index is 2.25. The number of aliphatic hydroxyl groups is 1. The predicted molar refractivity (Wildman–Crippen MR) is 41.6 cm³/mol. The van der Waals surface area contributed by atoms with E-state index < -0.39 is 0 Å². The van der Waals surface area contributed by atoms with Crippen LogP contribution in [-0.2, 0) is 0 Å². The summed E-state index contributed by atoms with van der Waals surface area (Å²) in [5, 5.41) is 9.22. The predicted octanol–water partition coefficient (Wildman–Crippen LogP) is 1.75. The highest BCUT2D eigenvalue weighted by Crippen LogP contribution is 2.54. The van der Waals surface area contributed by atoms with E-state index in [9.17, 15) is 5.11 Å². The molecule has 0 spiro atoms. The Morgan fingerprint density at radius 2 is 2.20 bits per heavy atom. The van der Waals surface area contributed by atoms with Gasteiger partial charge in [-0.25, -0.2) is 0 Å². The van der Waals surface area contributed by atoms with Crippen molar-refractivity contribution in [1.82, 2.24) is 0 Å². The molecule has 2 saturated carbocycles. The highest BCUT2D eigenvalue weighted by Gasteiger charge is 2.55. The van der Waals surface area contributed by atoms with Gasteiger partial charge in [-0.3, -0.25) is 0 Å². The van der Waals surface area contributed by atoms with Gasteiger partial charge >= 0.3 is 0 Å². The first kappa shape index (κ1) is 7.20. The van der Waals surface area contributed by atoms with Gasteiger partial charge in [0.25, 0.3) is 0 Å². The number of halogens is 2. The Morgan fingerprint density at radius 3 is 2.50 bits per heavy atom. The van der Waals surface area contributed by atoms with Crippen LogP contribution in [0.4, 0.5) is 0 Å². The van der Waals surface area contributed by atoms with E-state index in [1.54, 1.807) is 0 Å². The van der Waals surface area contributed by atoms with E-state index in [2.05, 4.69) is 0 Å². The van der Waals surface area contributed by atoms with Crippen LogP contribution in [0.2, 0.25) is 0 Å². The van der Waals surface area contributed by atoms with Crippen molar-refractivity contribution in [1.29, 1.82) is 0 Å². The van der Waals surface area contributed by atoms with Crippen LogP contribution in [0.25, 0.3) is 0 Å². The fourth-order valence-corrected chi connectivity index (χ4v) is 2.99. The average Bonchev–Trinajstić information content (AvgIpc) is 2.35. The second-order valence-corrected chi connectivity index (χ2v) is 4.65. The molecule has 0 radical (unpaired) electrons. The molecule has 3 heteroatoms. The van der Waals surface area contributed by atoms with Crippen molar-refractivity contribution in [2.24, 2.45) is 5.92 Å². The average molecular weight is 181 g/mol. The molecule has 2 fully saturated rings. The SMILES string of the molecule is O[C@@H]1[C@H]2CC[C@](Cl)(C2)[C@@H]1Cl. The molecule has 4 atom stereocenters. The Bertz CT molecular complexity index is 162. The molecule has 0 aromatic carbocycles. The van der Waals surface area contributed by atoms with Gasteiger partial charge in [0, 0.05) is 0 Å². The summed E-state index contributed by atoms with van der Waals surface area (Å²) in [6, 6.07) is 0. The zero-order chi connectivity index (χ0) is 7.35.